The molecule has 1 N–H and O–H groups in total. The molecule has 1 heterocycles. The maximum absolute atomic E-state index is 5.95. The van der Waals surface area contributed by atoms with Crippen LogP contribution >= 0.6 is 0 Å². The molecule has 5 nitrogen and oxygen atoms in total. The lowest BCUT2D eigenvalue weighted by Gasteiger charge is -2.15. The monoisotopic (exact) mass is 367 g/mol. The molecule has 0 unspecified atom stereocenters. The summed E-state index contributed by atoms with van der Waals surface area (Å²) in [5, 5.41) is 3.39. The third-order valence-electron chi connectivity index (χ3n) is 4.40. The Labute approximate surface area is 159 Å². The molecule has 0 amide bonds. The number of rotatable bonds is 8. The highest BCUT2D eigenvalue weighted by Gasteiger charge is 2.15. The second-order valence-corrected chi connectivity index (χ2v) is 6.23. The molecule has 27 heavy (non-hydrogen) atoms. The standard InChI is InChI=1S/C22H25NO4/c1-15-5-7-16(8-6-15)19-12-10-18(27-19)14-23-13-17-9-11-20(24-2)22(26-4)21(17)25-3/h5-12,23H,13-14H2,1-4H3. The van der Waals surface area contributed by atoms with Crippen molar-refractivity contribution in [1.29, 1.82) is 0 Å². The van der Waals surface area contributed by atoms with Gasteiger partial charge in [0.25, 0.3) is 0 Å². The summed E-state index contributed by atoms with van der Waals surface area (Å²) in [6.45, 7) is 3.30. The molecule has 0 spiro atoms. The van der Waals surface area contributed by atoms with E-state index in [1.807, 2.05) is 24.3 Å². The van der Waals surface area contributed by atoms with Crippen LogP contribution in [0.1, 0.15) is 16.9 Å². The molecule has 0 atom stereocenters. The highest BCUT2D eigenvalue weighted by Crippen LogP contribution is 2.39. The van der Waals surface area contributed by atoms with E-state index in [2.05, 4.69) is 36.5 Å². The molecule has 0 radical (unpaired) electrons. The minimum absolute atomic E-state index is 0.596. The third kappa shape index (κ3) is 4.26. The first-order valence-electron chi connectivity index (χ1n) is 8.80. The summed E-state index contributed by atoms with van der Waals surface area (Å²) in [7, 11) is 4.84. The fraction of sp³-hybridized carbons (Fsp3) is 0.273. The Morgan fingerprint density at radius 1 is 0.778 bits per heavy atom. The second kappa shape index (κ2) is 8.64. The van der Waals surface area contributed by atoms with E-state index < -0.39 is 0 Å². The fourth-order valence-electron chi connectivity index (χ4n) is 2.97. The van der Waals surface area contributed by atoms with Gasteiger partial charge in [-0.3, -0.25) is 0 Å². The van der Waals surface area contributed by atoms with E-state index in [0.29, 0.717) is 30.3 Å². The number of hydrogen-bond donors (Lipinski definition) is 1. The first kappa shape index (κ1) is 18.9. The second-order valence-electron chi connectivity index (χ2n) is 6.23. The van der Waals surface area contributed by atoms with Gasteiger partial charge in [-0.05, 0) is 25.1 Å². The zero-order chi connectivity index (χ0) is 19.2. The van der Waals surface area contributed by atoms with E-state index >= 15 is 0 Å². The van der Waals surface area contributed by atoms with Crippen molar-refractivity contribution in [2.24, 2.45) is 0 Å². The van der Waals surface area contributed by atoms with Crippen LogP contribution in [0.15, 0.2) is 52.9 Å². The highest BCUT2D eigenvalue weighted by atomic mass is 16.5. The van der Waals surface area contributed by atoms with E-state index in [-0.39, 0.29) is 0 Å². The lowest BCUT2D eigenvalue weighted by molar-refractivity contribution is 0.321. The summed E-state index contributed by atoms with van der Waals surface area (Å²) in [6.07, 6.45) is 0. The minimum Gasteiger partial charge on any atom is -0.493 e. The Balaban J connectivity index is 1.66. The van der Waals surface area contributed by atoms with Gasteiger partial charge in [-0.1, -0.05) is 35.9 Å². The number of benzene rings is 2. The van der Waals surface area contributed by atoms with Gasteiger partial charge < -0.3 is 23.9 Å². The first-order chi connectivity index (χ1) is 13.2. The van der Waals surface area contributed by atoms with Gasteiger partial charge >= 0.3 is 0 Å². The van der Waals surface area contributed by atoms with E-state index in [9.17, 15) is 0 Å². The first-order valence-corrected chi connectivity index (χ1v) is 8.80. The van der Waals surface area contributed by atoms with Crippen molar-refractivity contribution in [3.63, 3.8) is 0 Å². The minimum atomic E-state index is 0.596. The number of hydrogen-bond acceptors (Lipinski definition) is 5. The van der Waals surface area contributed by atoms with Crippen LogP contribution in [0.5, 0.6) is 17.2 Å². The van der Waals surface area contributed by atoms with Gasteiger partial charge in [-0.15, -0.1) is 0 Å². The van der Waals surface area contributed by atoms with Crippen LogP contribution in [0.25, 0.3) is 11.3 Å². The fourth-order valence-corrected chi connectivity index (χ4v) is 2.97. The summed E-state index contributed by atoms with van der Waals surface area (Å²) in [5.41, 5.74) is 3.30. The molecule has 0 saturated carbocycles. The Bertz CT molecular complexity index is 884. The van der Waals surface area contributed by atoms with Crippen molar-refractivity contribution in [1.82, 2.24) is 5.32 Å². The van der Waals surface area contributed by atoms with Crippen LogP contribution in [0.2, 0.25) is 0 Å². The lowest BCUT2D eigenvalue weighted by atomic mass is 10.1. The highest BCUT2D eigenvalue weighted by molar-refractivity contribution is 5.58. The SMILES string of the molecule is COc1ccc(CNCc2ccc(-c3ccc(C)cc3)o2)c(OC)c1OC. The summed E-state index contributed by atoms with van der Waals surface area (Å²) >= 11 is 0. The van der Waals surface area contributed by atoms with Gasteiger partial charge in [0.15, 0.2) is 11.5 Å². The molecular formula is C22H25NO4. The van der Waals surface area contributed by atoms with Gasteiger partial charge in [0.05, 0.1) is 27.9 Å². The van der Waals surface area contributed by atoms with Gasteiger partial charge in [0.1, 0.15) is 11.5 Å². The molecule has 5 heteroatoms. The van der Waals surface area contributed by atoms with E-state index in [4.69, 9.17) is 18.6 Å². The molecular weight excluding hydrogens is 342 g/mol. The Hall–Kier alpha value is -2.92. The number of ether oxygens (including phenoxy) is 3. The molecule has 3 rings (SSSR count). The van der Waals surface area contributed by atoms with Crippen LogP contribution in [-0.2, 0) is 13.1 Å². The number of nitrogens with one attached hydrogen (secondary N) is 1. The summed E-state index contributed by atoms with van der Waals surface area (Å²) in [6, 6.07) is 16.1. The maximum Gasteiger partial charge on any atom is 0.203 e. The molecule has 3 aromatic rings. The number of aryl methyl sites for hydroxylation is 1. The summed E-state index contributed by atoms with van der Waals surface area (Å²) < 4.78 is 22.2. The molecule has 0 aliphatic carbocycles. The topological polar surface area (TPSA) is 52.9 Å². The predicted molar refractivity (Wildman–Crippen MR) is 106 cm³/mol. The number of methoxy groups -OCH3 is 3. The Morgan fingerprint density at radius 2 is 1.52 bits per heavy atom. The molecule has 1 aromatic heterocycles. The van der Waals surface area contributed by atoms with Crippen molar-refractivity contribution in [3.05, 3.63) is 65.4 Å². The average Bonchev–Trinajstić information content (AvgIpc) is 3.16. The summed E-state index contributed by atoms with van der Waals surface area (Å²) in [5.74, 6) is 3.66. The third-order valence-corrected chi connectivity index (χ3v) is 4.40. The lowest BCUT2D eigenvalue weighted by Crippen LogP contribution is -2.13. The van der Waals surface area contributed by atoms with Crippen LogP contribution in [-0.4, -0.2) is 21.3 Å². The number of furan rings is 1. The molecule has 0 bridgehead atoms. The molecule has 142 valence electrons. The van der Waals surface area contributed by atoms with Crippen molar-refractivity contribution in [2.75, 3.05) is 21.3 Å². The van der Waals surface area contributed by atoms with Crippen LogP contribution < -0.4 is 19.5 Å². The largest absolute Gasteiger partial charge is 0.493 e. The Kier molecular flexibility index (Phi) is 6.04. The maximum atomic E-state index is 5.95. The van der Waals surface area contributed by atoms with Gasteiger partial charge in [-0.25, -0.2) is 0 Å². The Morgan fingerprint density at radius 3 is 2.19 bits per heavy atom. The quantitative estimate of drug-likeness (QED) is 0.632. The van der Waals surface area contributed by atoms with Crippen LogP contribution in [0.3, 0.4) is 0 Å². The molecule has 0 aliphatic heterocycles. The molecule has 2 aromatic carbocycles. The predicted octanol–water partition coefficient (Wildman–Crippen LogP) is 4.57. The van der Waals surface area contributed by atoms with E-state index in [0.717, 1.165) is 22.6 Å². The molecule has 0 aliphatic rings. The normalized spacial score (nSPS) is 10.7. The van der Waals surface area contributed by atoms with Gasteiger partial charge in [0, 0.05) is 17.7 Å². The van der Waals surface area contributed by atoms with Gasteiger partial charge in [-0.2, -0.15) is 0 Å². The summed E-state index contributed by atoms with van der Waals surface area (Å²) in [4.78, 5) is 0. The van der Waals surface area contributed by atoms with E-state index in [1.165, 1.54) is 5.56 Å². The van der Waals surface area contributed by atoms with Crippen molar-refractivity contribution < 1.29 is 18.6 Å². The molecule has 0 fully saturated rings. The van der Waals surface area contributed by atoms with Crippen LogP contribution in [0, 0.1) is 6.92 Å². The van der Waals surface area contributed by atoms with Crippen molar-refractivity contribution in [2.45, 2.75) is 20.0 Å². The van der Waals surface area contributed by atoms with E-state index in [1.54, 1.807) is 21.3 Å². The average molecular weight is 367 g/mol. The van der Waals surface area contributed by atoms with Gasteiger partial charge in [0.2, 0.25) is 5.75 Å². The van der Waals surface area contributed by atoms with Crippen molar-refractivity contribution >= 4 is 0 Å². The zero-order valence-electron chi connectivity index (χ0n) is 16.2. The molecule has 0 saturated heterocycles. The smallest absolute Gasteiger partial charge is 0.203 e. The van der Waals surface area contributed by atoms with Crippen LogP contribution in [0.4, 0.5) is 0 Å². The zero-order valence-corrected chi connectivity index (χ0v) is 16.2. The van der Waals surface area contributed by atoms with Crippen molar-refractivity contribution in [3.8, 4) is 28.6 Å².